The summed E-state index contributed by atoms with van der Waals surface area (Å²) in [6.07, 6.45) is 0.154. The van der Waals surface area contributed by atoms with E-state index in [4.69, 9.17) is 44.3 Å². The van der Waals surface area contributed by atoms with Gasteiger partial charge in [-0.25, -0.2) is 0 Å². The van der Waals surface area contributed by atoms with E-state index in [0.717, 1.165) is 22.6 Å². The van der Waals surface area contributed by atoms with Gasteiger partial charge in [0.15, 0.2) is 0 Å². The van der Waals surface area contributed by atoms with E-state index in [1.807, 2.05) is 48.5 Å². The summed E-state index contributed by atoms with van der Waals surface area (Å²) in [7, 11) is 1.63. The lowest BCUT2D eigenvalue weighted by Gasteiger charge is -2.28. The SMILES string of the molecule is COc1ccc(C(c2ccc(OC(C(C)C)C(C)C)cc2)C(Cl)(Cl)Cl)cc1. The van der Waals surface area contributed by atoms with Gasteiger partial charge in [-0.2, -0.15) is 0 Å². The van der Waals surface area contributed by atoms with E-state index in [1.54, 1.807) is 7.11 Å². The van der Waals surface area contributed by atoms with Crippen LogP contribution < -0.4 is 9.47 Å². The molecule has 0 heterocycles. The molecule has 0 saturated heterocycles. The zero-order valence-electron chi connectivity index (χ0n) is 16.4. The van der Waals surface area contributed by atoms with Gasteiger partial charge in [-0.3, -0.25) is 0 Å². The Labute approximate surface area is 177 Å². The second-order valence-corrected chi connectivity index (χ2v) is 9.76. The molecule has 0 radical (unpaired) electrons. The van der Waals surface area contributed by atoms with Crippen LogP contribution in [-0.2, 0) is 0 Å². The van der Waals surface area contributed by atoms with Gasteiger partial charge in [-0.1, -0.05) is 86.8 Å². The quantitative estimate of drug-likeness (QED) is 0.431. The molecule has 0 bridgehead atoms. The van der Waals surface area contributed by atoms with Crippen molar-refractivity contribution in [2.45, 2.75) is 43.5 Å². The Morgan fingerprint density at radius 1 is 0.704 bits per heavy atom. The molecule has 27 heavy (non-hydrogen) atoms. The Kier molecular flexibility index (Phi) is 7.73. The summed E-state index contributed by atoms with van der Waals surface area (Å²) in [4.78, 5) is 0. The second kappa shape index (κ2) is 9.41. The van der Waals surface area contributed by atoms with Gasteiger partial charge < -0.3 is 9.47 Å². The third-order valence-electron chi connectivity index (χ3n) is 4.58. The van der Waals surface area contributed by atoms with Crippen LogP contribution in [-0.4, -0.2) is 17.0 Å². The highest BCUT2D eigenvalue weighted by molar-refractivity contribution is 6.68. The first-order chi connectivity index (χ1) is 12.6. The van der Waals surface area contributed by atoms with Gasteiger partial charge in [-0.15, -0.1) is 0 Å². The summed E-state index contributed by atoms with van der Waals surface area (Å²) in [5.41, 5.74) is 1.82. The maximum absolute atomic E-state index is 6.32. The molecule has 2 aromatic rings. The summed E-state index contributed by atoms with van der Waals surface area (Å²) in [6, 6.07) is 15.4. The van der Waals surface area contributed by atoms with Crippen molar-refractivity contribution in [3.8, 4) is 11.5 Å². The van der Waals surface area contributed by atoms with Crippen molar-refractivity contribution >= 4 is 34.8 Å². The van der Waals surface area contributed by atoms with Crippen molar-refractivity contribution in [2.75, 3.05) is 7.11 Å². The fourth-order valence-electron chi connectivity index (χ4n) is 3.30. The molecular formula is C22H27Cl3O2. The van der Waals surface area contributed by atoms with Gasteiger partial charge >= 0.3 is 0 Å². The van der Waals surface area contributed by atoms with Crippen molar-refractivity contribution < 1.29 is 9.47 Å². The lowest BCUT2D eigenvalue weighted by Crippen LogP contribution is -2.28. The van der Waals surface area contributed by atoms with Crippen molar-refractivity contribution in [3.63, 3.8) is 0 Å². The molecule has 0 aliphatic rings. The molecule has 0 N–H and O–H groups in total. The Bertz CT molecular complexity index is 696. The summed E-state index contributed by atoms with van der Waals surface area (Å²) >= 11 is 19.0. The molecule has 0 aromatic heterocycles. The van der Waals surface area contributed by atoms with Crippen LogP contribution >= 0.6 is 34.8 Å². The molecule has 1 unspecified atom stereocenters. The van der Waals surface area contributed by atoms with Crippen LogP contribution in [0, 0.1) is 11.8 Å². The largest absolute Gasteiger partial charge is 0.497 e. The van der Waals surface area contributed by atoms with Crippen LogP contribution in [0.25, 0.3) is 0 Å². The monoisotopic (exact) mass is 428 g/mol. The fraction of sp³-hybridized carbons (Fsp3) is 0.455. The van der Waals surface area contributed by atoms with Crippen LogP contribution in [0.4, 0.5) is 0 Å². The summed E-state index contributed by atoms with van der Waals surface area (Å²) in [5, 5.41) is 0. The van der Waals surface area contributed by atoms with Crippen molar-refractivity contribution in [2.24, 2.45) is 11.8 Å². The van der Waals surface area contributed by atoms with E-state index < -0.39 is 9.71 Å². The van der Waals surface area contributed by atoms with E-state index in [-0.39, 0.29) is 6.10 Å². The van der Waals surface area contributed by atoms with Gasteiger partial charge in [0.2, 0.25) is 3.79 Å². The number of rotatable bonds is 7. The van der Waals surface area contributed by atoms with Crippen molar-refractivity contribution in [3.05, 3.63) is 59.7 Å². The summed E-state index contributed by atoms with van der Waals surface area (Å²) in [6.45, 7) is 8.67. The predicted octanol–water partition coefficient (Wildman–Crippen LogP) is 7.26. The average Bonchev–Trinajstić information content (AvgIpc) is 2.60. The number of halogens is 3. The van der Waals surface area contributed by atoms with Crippen LogP contribution in [0.5, 0.6) is 11.5 Å². The van der Waals surface area contributed by atoms with E-state index in [9.17, 15) is 0 Å². The molecule has 0 fully saturated rings. The number of benzene rings is 2. The number of hydrogen-bond donors (Lipinski definition) is 0. The molecule has 1 atom stereocenters. The average molecular weight is 430 g/mol. The van der Waals surface area contributed by atoms with Gasteiger partial charge in [-0.05, 0) is 47.2 Å². The molecule has 2 rings (SSSR count). The Morgan fingerprint density at radius 3 is 1.44 bits per heavy atom. The third kappa shape index (κ3) is 5.94. The van der Waals surface area contributed by atoms with E-state index in [1.165, 1.54) is 0 Å². The zero-order chi connectivity index (χ0) is 20.2. The van der Waals surface area contributed by atoms with E-state index >= 15 is 0 Å². The Morgan fingerprint density at radius 2 is 1.11 bits per heavy atom. The highest BCUT2D eigenvalue weighted by Crippen LogP contribution is 2.46. The Balaban J connectivity index is 2.29. The molecule has 0 spiro atoms. The highest BCUT2D eigenvalue weighted by atomic mass is 35.6. The predicted molar refractivity (Wildman–Crippen MR) is 116 cm³/mol. The number of alkyl halides is 3. The normalized spacial score (nSPS) is 13.3. The van der Waals surface area contributed by atoms with Crippen LogP contribution in [0.15, 0.2) is 48.5 Å². The maximum atomic E-state index is 6.32. The lowest BCUT2D eigenvalue weighted by atomic mass is 9.92. The molecule has 0 saturated carbocycles. The van der Waals surface area contributed by atoms with Gasteiger partial charge in [0, 0.05) is 0 Å². The number of hydrogen-bond acceptors (Lipinski definition) is 2. The first kappa shape index (κ1) is 22.2. The smallest absolute Gasteiger partial charge is 0.201 e. The molecule has 2 nitrogen and oxygen atoms in total. The molecular weight excluding hydrogens is 403 g/mol. The minimum Gasteiger partial charge on any atom is -0.497 e. The first-order valence-electron chi connectivity index (χ1n) is 9.10. The second-order valence-electron chi connectivity index (χ2n) is 7.39. The van der Waals surface area contributed by atoms with E-state index in [2.05, 4.69) is 27.7 Å². The van der Waals surface area contributed by atoms with E-state index in [0.29, 0.717) is 11.8 Å². The Hall–Kier alpha value is -1.09. The molecule has 2 aromatic carbocycles. The highest BCUT2D eigenvalue weighted by Gasteiger charge is 2.35. The summed E-state index contributed by atoms with van der Waals surface area (Å²) in [5.74, 6) is 2.05. The molecule has 0 amide bonds. The van der Waals surface area contributed by atoms with Gasteiger partial charge in [0.25, 0.3) is 0 Å². The maximum Gasteiger partial charge on any atom is 0.201 e. The lowest BCUT2D eigenvalue weighted by molar-refractivity contribution is 0.105. The molecule has 148 valence electrons. The molecule has 5 heteroatoms. The number of ether oxygens (including phenoxy) is 2. The minimum atomic E-state index is -1.48. The first-order valence-corrected chi connectivity index (χ1v) is 10.2. The standard InChI is InChI=1S/C22H27Cl3O2/c1-14(2)21(15(3)4)27-19-12-8-17(9-13-19)20(22(23,24)25)16-6-10-18(26-5)11-7-16/h6-15,20-21H,1-5H3. The van der Waals surface area contributed by atoms with Crippen LogP contribution in [0.3, 0.4) is 0 Å². The third-order valence-corrected chi connectivity index (χ3v) is 5.23. The minimum absolute atomic E-state index is 0.154. The fourth-order valence-corrected chi connectivity index (χ4v) is 4.06. The molecule has 0 aliphatic heterocycles. The number of methoxy groups -OCH3 is 1. The van der Waals surface area contributed by atoms with Crippen LogP contribution in [0.2, 0.25) is 0 Å². The van der Waals surface area contributed by atoms with Crippen molar-refractivity contribution in [1.29, 1.82) is 0 Å². The van der Waals surface area contributed by atoms with Gasteiger partial charge in [0.1, 0.15) is 17.6 Å². The van der Waals surface area contributed by atoms with Crippen LogP contribution in [0.1, 0.15) is 44.7 Å². The zero-order valence-corrected chi connectivity index (χ0v) is 18.6. The van der Waals surface area contributed by atoms with Gasteiger partial charge in [0.05, 0.1) is 13.0 Å². The molecule has 0 aliphatic carbocycles. The topological polar surface area (TPSA) is 18.5 Å². The summed E-state index contributed by atoms with van der Waals surface area (Å²) < 4.78 is 9.92. The van der Waals surface area contributed by atoms with Crippen molar-refractivity contribution in [1.82, 2.24) is 0 Å².